The van der Waals surface area contributed by atoms with Crippen LogP contribution >= 0.6 is 0 Å². The Hall–Kier alpha value is -2.69. The van der Waals surface area contributed by atoms with Gasteiger partial charge in [-0.2, -0.15) is 0 Å². The summed E-state index contributed by atoms with van der Waals surface area (Å²) in [6.45, 7) is 2.48. The zero-order valence-corrected chi connectivity index (χ0v) is 14.9. The fraction of sp³-hybridized carbons (Fsp3) is 0.350. The Balaban J connectivity index is 1.84. The molecule has 1 unspecified atom stereocenters. The summed E-state index contributed by atoms with van der Waals surface area (Å²) in [5, 5.41) is 12.2. The first kappa shape index (κ1) is 18.6. The Bertz CT molecular complexity index is 697. The standard InChI is InChI=1S/C20H25NO4/c1-14(12-16-6-9-18(24-2)19(13-16)25-3)20(23)21-11-10-15-4-7-17(22)8-5-15/h4-9,13-14,22H,10-12H2,1-3H3,(H,21,23). The van der Waals surface area contributed by atoms with Crippen molar-refractivity contribution in [3.63, 3.8) is 0 Å². The van der Waals surface area contributed by atoms with E-state index < -0.39 is 0 Å². The van der Waals surface area contributed by atoms with Crippen LogP contribution in [0.15, 0.2) is 42.5 Å². The Morgan fingerprint density at radius 2 is 1.68 bits per heavy atom. The van der Waals surface area contributed by atoms with E-state index in [1.165, 1.54) is 0 Å². The van der Waals surface area contributed by atoms with Crippen LogP contribution in [0, 0.1) is 5.92 Å². The molecule has 0 radical (unpaired) electrons. The van der Waals surface area contributed by atoms with Gasteiger partial charge in [-0.3, -0.25) is 4.79 Å². The molecule has 2 aromatic carbocycles. The summed E-state index contributed by atoms with van der Waals surface area (Å²) in [5.74, 6) is 1.47. The molecule has 0 spiro atoms. The van der Waals surface area contributed by atoms with Crippen molar-refractivity contribution in [2.24, 2.45) is 5.92 Å². The third-order valence-electron chi connectivity index (χ3n) is 4.09. The maximum atomic E-state index is 12.3. The molecule has 0 fully saturated rings. The third-order valence-corrected chi connectivity index (χ3v) is 4.09. The molecule has 2 N–H and O–H groups in total. The molecule has 0 aliphatic carbocycles. The number of phenols is 1. The Kier molecular flexibility index (Phi) is 6.69. The summed E-state index contributed by atoms with van der Waals surface area (Å²) in [5.41, 5.74) is 2.10. The second kappa shape index (κ2) is 8.97. The molecular weight excluding hydrogens is 318 g/mol. The first-order valence-corrected chi connectivity index (χ1v) is 8.30. The van der Waals surface area contributed by atoms with E-state index in [4.69, 9.17) is 9.47 Å². The van der Waals surface area contributed by atoms with Gasteiger partial charge in [0.05, 0.1) is 14.2 Å². The number of nitrogens with one attached hydrogen (secondary N) is 1. The Labute approximate surface area is 148 Å². The molecule has 0 heterocycles. The van der Waals surface area contributed by atoms with E-state index in [1.54, 1.807) is 26.4 Å². The number of carbonyl (C=O) groups is 1. The lowest BCUT2D eigenvalue weighted by molar-refractivity contribution is -0.124. The van der Waals surface area contributed by atoms with Gasteiger partial charge in [0, 0.05) is 12.5 Å². The van der Waals surface area contributed by atoms with Crippen molar-refractivity contribution in [2.75, 3.05) is 20.8 Å². The van der Waals surface area contributed by atoms with Crippen molar-refractivity contribution in [1.82, 2.24) is 5.32 Å². The highest BCUT2D eigenvalue weighted by Crippen LogP contribution is 2.28. The number of rotatable bonds is 8. The first-order valence-electron chi connectivity index (χ1n) is 8.30. The van der Waals surface area contributed by atoms with Crippen LogP contribution in [-0.4, -0.2) is 31.8 Å². The molecule has 0 saturated heterocycles. The van der Waals surface area contributed by atoms with E-state index in [0.29, 0.717) is 24.5 Å². The van der Waals surface area contributed by atoms with Crippen LogP contribution in [0.4, 0.5) is 0 Å². The maximum absolute atomic E-state index is 12.3. The number of aromatic hydroxyl groups is 1. The number of hydrogen-bond acceptors (Lipinski definition) is 4. The third kappa shape index (κ3) is 5.41. The van der Waals surface area contributed by atoms with E-state index >= 15 is 0 Å². The van der Waals surface area contributed by atoms with Crippen molar-refractivity contribution in [3.8, 4) is 17.2 Å². The predicted octanol–water partition coefficient (Wildman–Crippen LogP) is 2.95. The van der Waals surface area contributed by atoms with Crippen LogP contribution in [0.25, 0.3) is 0 Å². The number of ether oxygens (including phenoxy) is 2. The quantitative estimate of drug-likeness (QED) is 0.773. The van der Waals surface area contributed by atoms with Gasteiger partial charge in [0.2, 0.25) is 5.91 Å². The summed E-state index contributed by atoms with van der Waals surface area (Å²) in [6, 6.07) is 12.7. The van der Waals surface area contributed by atoms with E-state index in [0.717, 1.165) is 17.5 Å². The van der Waals surface area contributed by atoms with Crippen LogP contribution in [0.5, 0.6) is 17.2 Å². The van der Waals surface area contributed by atoms with Gasteiger partial charge < -0.3 is 19.9 Å². The van der Waals surface area contributed by atoms with Crippen LogP contribution < -0.4 is 14.8 Å². The Morgan fingerprint density at radius 3 is 2.32 bits per heavy atom. The molecule has 1 atom stereocenters. The van der Waals surface area contributed by atoms with E-state index in [9.17, 15) is 9.90 Å². The zero-order chi connectivity index (χ0) is 18.2. The topological polar surface area (TPSA) is 67.8 Å². The fourth-order valence-corrected chi connectivity index (χ4v) is 2.62. The zero-order valence-electron chi connectivity index (χ0n) is 14.9. The number of hydrogen-bond donors (Lipinski definition) is 2. The van der Waals surface area contributed by atoms with Crippen molar-refractivity contribution >= 4 is 5.91 Å². The number of amides is 1. The molecule has 0 saturated carbocycles. The summed E-state index contributed by atoms with van der Waals surface area (Å²) in [4.78, 5) is 12.3. The molecule has 5 nitrogen and oxygen atoms in total. The van der Waals surface area contributed by atoms with Gasteiger partial charge >= 0.3 is 0 Å². The number of phenolic OH excluding ortho intramolecular Hbond substituents is 1. The highest BCUT2D eigenvalue weighted by Gasteiger charge is 2.14. The van der Waals surface area contributed by atoms with E-state index in [2.05, 4.69) is 5.32 Å². The van der Waals surface area contributed by atoms with Gasteiger partial charge in [-0.1, -0.05) is 25.1 Å². The van der Waals surface area contributed by atoms with Gasteiger partial charge in [-0.25, -0.2) is 0 Å². The molecule has 1 amide bonds. The van der Waals surface area contributed by atoms with Gasteiger partial charge in [-0.05, 0) is 48.2 Å². The first-order chi connectivity index (χ1) is 12.0. The largest absolute Gasteiger partial charge is 0.508 e. The van der Waals surface area contributed by atoms with Crippen LogP contribution in [-0.2, 0) is 17.6 Å². The van der Waals surface area contributed by atoms with Crippen LogP contribution in [0.3, 0.4) is 0 Å². The van der Waals surface area contributed by atoms with E-state index in [1.807, 2.05) is 37.3 Å². The fourth-order valence-electron chi connectivity index (χ4n) is 2.62. The molecule has 0 bridgehead atoms. The van der Waals surface area contributed by atoms with Gasteiger partial charge in [0.1, 0.15) is 5.75 Å². The molecule has 0 aliphatic heterocycles. The molecular formula is C20H25NO4. The summed E-state index contributed by atoms with van der Waals surface area (Å²) < 4.78 is 10.5. The minimum atomic E-state index is -0.141. The monoisotopic (exact) mass is 343 g/mol. The molecule has 25 heavy (non-hydrogen) atoms. The molecule has 134 valence electrons. The number of benzene rings is 2. The van der Waals surface area contributed by atoms with E-state index in [-0.39, 0.29) is 17.6 Å². The molecule has 2 rings (SSSR count). The molecule has 2 aromatic rings. The summed E-state index contributed by atoms with van der Waals surface area (Å²) >= 11 is 0. The molecule has 0 aromatic heterocycles. The van der Waals surface area contributed by atoms with Gasteiger partial charge in [-0.15, -0.1) is 0 Å². The van der Waals surface area contributed by atoms with Gasteiger partial charge in [0.15, 0.2) is 11.5 Å². The van der Waals surface area contributed by atoms with Crippen molar-refractivity contribution in [2.45, 2.75) is 19.8 Å². The summed E-state index contributed by atoms with van der Waals surface area (Å²) in [6.07, 6.45) is 1.36. The second-order valence-electron chi connectivity index (χ2n) is 6.00. The minimum absolute atomic E-state index is 0.0218. The van der Waals surface area contributed by atoms with Crippen molar-refractivity contribution in [3.05, 3.63) is 53.6 Å². The average Bonchev–Trinajstić information content (AvgIpc) is 2.63. The van der Waals surface area contributed by atoms with Crippen molar-refractivity contribution < 1.29 is 19.4 Å². The van der Waals surface area contributed by atoms with Crippen LogP contribution in [0.1, 0.15) is 18.1 Å². The van der Waals surface area contributed by atoms with Crippen LogP contribution in [0.2, 0.25) is 0 Å². The Morgan fingerprint density at radius 1 is 1.04 bits per heavy atom. The SMILES string of the molecule is COc1ccc(CC(C)C(=O)NCCc2ccc(O)cc2)cc1OC. The minimum Gasteiger partial charge on any atom is -0.508 e. The highest BCUT2D eigenvalue weighted by molar-refractivity contribution is 5.78. The molecule has 0 aliphatic rings. The maximum Gasteiger partial charge on any atom is 0.223 e. The summed E-state index contributed by atoms with van der Waals surface area (Å²) in [7, 11) is 3.20. The number of carbonyl (C=O) groups excluding carboxylic acids is 1. The lowest BCUT2D eigenvalue weighted by Crippen LogP contribution is -2.31. The second-order valence-corrected chi connectivity index (χ2v) is 6.00. The molecule has 5 heteroatoms. The van der Waals surface area contributed by atoms with Crippen molar-refractivity contribution in [1.29, 1.82) is 0 Å². The normalized spacial score (nSPS) is 11.6. The smallest absolute Gasteiger partial charge is 0.223 e. The average molecular weight is 343 g/mol. The lowest BCUT2D eigenvalue weighted by atomic mass is 10.00. The number of methoxy groups -OCH3 is 2. The van der Waals surface area contributed by atoms with Gasteiger partial charge in [0.25, 0.3) is 0 Å². The lowest BCUT2D eigenvalue weighted by Gasteiger charge is -2.14. The highest BCUT2D eigenvalue weighted by atomic mass is 16.5. The predicted molar refractivity (Wildman–Crippen MR) is 97.2 cm³/mol.